The molecule has 0 saturated carbocycles. The molecule has 0 N–H and O–H groups in total. The van der Waals surface area contributed by atoms with Crippen molar-refractivity contribution in [3.05, 3.63) is 47.2 Å². The number of halogens is 1. The molecule has 2 heterocycles. The predicted molar refractivity (Wildman–Crippen MR) is 90.9 cm³/mol. The highest BCUT2D eigenvalue weighted by Crippen LogP contribution is 2.29. The summed E-state index contributed by atoms with van der Waals surface area (Å²) in [6.45, 7) is 0. The maximum absolute atomic E-state index is 6.29. The summed E-state index contributed by atoms with van der Waals surface area (Å²) in [5, 5.41) is 6.23. The molecule has 118 valence electrons. The SMILES string of the molecule is COc1cc(/C=C(\Cl)c2nc(-c3cccs3)no2)cc(OC)c1. The van der Waals surface area contributed by atoms with Crippen LogP contribution in [0.5, 0.6) is 11.5 Å². The van der Waals surface area contributed by atoms with E-state index in [-0.39, 0.29) is 5.89 Å². The second-order valence-corrected chi connectivity index (χ2v) is 5.89. The van der Waals surface area contributed by atoms with E-state index in [2.05, 4.69) is 10.1 Å². The van der Waals surface area contributed by atoms with Gasteiger partial charge in [0.1, 0.15) is 16.5 Å². The van der Waals surface area contributed by atoms with Gasteiger partial charge in [-0.05, 0) is 35.2 Å². The first-order chi connectivity index (χ1) is 11.2. The summed E-state index contributed by atoms with van der Waals surface area (Å²) in [6.07, 6.45) is 1.72. The van der Waals surface area contributed by atoms with Crippen LogP contribution in [0.3, 0.4) is 0 Å². The van der Waals surface area contributed by atoms with E-state index in [9.17, 15) is 0 Å². The van der Waals surface area contributed by atoms with Crippen molar-refractivity contribution in [3.63, 3.8) is 0 Å². The van der Waals surface area contributed by atoms with Gasteiger partial charge in [-0.1, -0.05) is 22.8 Å². The monoisotopic (exact) mass is 348 g/mol. The first-order valence-corrected chi connectivity index (χ1v) is 7.93. The molecular weight excluding hydrogens is 336 g/mol. The molecule has 0 fully saturated rings. The molecule has 0 unspecified atom stereocenters. The summed E-state index contributed by atoms with van der Waals surface area (Å²) in [5.74, 6) is 2.12. The van der Waals surface area contributed by atoms with Crippen LogP contribution in [0.1, 0.15) is 11.5 Å². The van der Waals surface area contributed by atoms with E-state index >= 15 is 0 Å². The maximum atomic E-state index is 6.29. The number of methoxy groups -OCH3 is 2. The van der Waals surface area contributed by atoms with Crippen molar-refractivity contribution in [2.45, 2.75) is 0 Å². The lowest BCUT2D eigenvalue weighted by Crippen LogP contribution is -1.88. The minimum atomic E-state index is 0.261. The topological polar surface area (TPSA) is 57.4 Å². The summed E-state index contributed by atoms with van der Waals surface area (Å²) in [4.78, 5) is 5.23. The van der Waals surface area contributed by atoms with Gasteiger partial charge in [0, 0.05) is 6.07 Å². The number of hydrogen-bond acceptors (Lipinski definition) is 6. The molecule has 23 heavy (non-hydrogen) atoms. The number of aromatic nitrogens is 2. The zero-order chi connectivity index (χ0) is 16.2. The highest BCUT2D eigenvalue weighted by atomic mass is 35.5. The molecule has 2 aromatic heterocycles. The highest BCUT2D eigenvalue weighted by molar-refractivity contribution is 7.13. The van der Waals surface area contributed by atoms with Crippen molar-refractivity contribution in [3.8, 4) is 22.2 Å². The third-order valence-electron chi connectivity index (χ3n) is 3.04. The van der Waals surface area contributed by atoms with Gasteiger partial charge in [0.25, 0.3) is 5.89 Å². The Morgan fingerprint density at radius 1 is 1.22 bits per heavy atom. The molecule has 0 radical (unpaired) electrons. The summed E-state index contributed by atoms with van der Waals surface area (Å²) < 4.78 is 15.7. The molecule has 0 saturated heterocycles. The summed E-state index contributed by atoms with van der Waals surface area (Å²) in [7, 11) is 3.18. The van der Waals surface area contributed by atoms with Crippen LogP contribution < -0.4 is 9.47 Å². The first-order valence-electron chi connectivity index (χ1n) is 6.68. The van der Waals surface area contributed by atoms with Crippen molar-refractivity contribution in [1.29, 1.82) is 0 Å². The van der Waals surface area contributed by atoms with Gasteiger partial charge in [-0.2, -0.15) is 4.98 Å². The summed E-state index contributed by atoms with van der Waals surface area (Å²) >= 11 is 7.83. The standard InChI is InChI=1S/C16H13ClN2O3S/c1-20-11-6-10(7-12(9-11)21-2)8-13(17)16-18-15(19-22-16)14-4-3-5-23-14/h3-9H,1-2H3/b13-8-. The van der Waals surface area contributed by atoms with Crippen LogP contribution in [-0.2, 0) is 0 Å². The highest BCUT2D eigenvalue weighted by Gasteiger charge is 2.12. The van der Waals surface area contributed by atoms with Crippen LogP contribution in [0.15, 0.2) is 40.2 Å². The van der Waals surface area contributed by atoms with E-state index in [0.717, 1.165) is 10.4 Å². The zero-order valence-electron chi connectivity index (χ0n) is 12.4. The molecule has 0 aliphatic rings. The van der Waals surface area contributed by atoms with E-state index in [1.165, 1.54) is 11.3 Å². The second-order valence-electron chi connectivity index (χ2n) is 4.54. The van der Waals surface area contributed by atoms with E-state index in [1.54, 1.807) is 26.4 Å². The Kier molecular flexibility index (Phi) is 4.64. The van der Waals surface area contributed by atoms with Crippen LogP contribution in [0.4, 0.5) is 0 Å². The lowest BCUT2D eigenvalue weighted by atomic mass is 10.2. The van der Waals surface area contributed by atoms with Gasteiger partial charge < -0.3 is 14.0 Å². The first kappa shape index (κ1) is 15.6. The van der Waals surface area contributed by atoms with Crippen molar-refractivity contribution in [1.82, 2.24) is 10.1 Å². The molecule has 0 bridgehead atoms. The van der Waals surface area contributed by atoms with Gasteiger partial charge in [0.15, 0.2) is 0 Å². The molecule has 0 amide bonds. The average molecular weight is 349 g/mol. The number of benzene rings is 1. The Morgan fingerprint density at radius 3 is 2.57 bits per heavy atom. The van der Waals surface area contributed by atoms with Gasteiger partial charge in [0.2, 0.25) is 5.82 Å². The lowest BCUT2D eigenvalue weighted by molar-refractivity contribution is 0.394. The molecule has 0 atom stereocenters. The summed E-state index contributed by atoms with van der Waals surface area (Å²) in [5.41, 5.74) is 0.807. The maximum Gasteiger partial charge on any atom is 0.269 e. The molecular formula is C16H13ClN2O3S. The van der Waals surface area contributed by atoms with E-state index < -0.39 is 0 Å². The fraction of sp³-hybridized carbons (Fsp3) is 0.125. The van der Waals surface area contributed by atoms with E-state index in [0.29, 0.717) is 22.4 Å². The summed E-state index contributed by atoms with van der Waals surface area (Å²) in [6, 6.07) is 9.30. The van der Waals surface area contributed by atoms with Crippen molar-refractivity contribution >= 4 is 34.0 Å². The molecule has 3 rings (SSSR count). The normalized spacial score (nSPS) is 11.5. The minimum absolute atomic E-state index is 0.261. The number of thiophene rings is 1. The van der Waals surface area contributed by atoms with Crippen LogP contribution in [0.25, 0.3) is 21.8 Å². The molecule has 3 aromatic rings. The number of ether oxygens (including phenoxy) is 2. The number of hydrogen-bond donors (Lipinski definition) is 0. The molecule has 0 spiro atoms. The fourth-order valence-electron chi connectivity index (χ4n) is 1.95. The van der Waals surface area contributed by atoms with Crippen molar-refractivity contribution in [2.75, 3.05) is 14.2 Å². The Labute approximate surface area is 142 Å². The predicted octanol–water partition coefficient (Wildman–Crippen LogP) is 4.55. The van der Waals surface area contributed by atoms with Gasteiger partial charge in [0.05, 0.1) is 19.1 Å². The molecule has 1 aromatic carbocycles. The Morgan fingerprint density at radius 2 is 1.96 bits per heavy atom. The Hall–Kier alpha value is -2.31. The van der Waals surface area contributed by atoms with Gasteiger partial charge in [-0.15, -0.1) is 11.3 Å². The fourth-order valence-corrected chi connectivity index (χ4v) is 2.80. The quantitative estimate of drug-likeness (QED) is 0.676. The van der Waals surface area contributed by atoms with Gasteiger partial charge in [-0.3, -0.25) is 0 Å². The van der Waals surface area contributed by atoms with Gasteiger partial charge >= 0.3 is 0 Å². The lowest BCUT2D eigenvalue weighted by Gasteiger charge is -2.05. The largest absolute Gasteiger partial charge is 0.497 e. The minimum Gasteiger partial charge on any atom is -0.497 e. The van der Waals surface area contributed by atoms with Crippen LogP contribution >= 0.6 is 22.9 Å². The molecule has 0 aliphatic carbocycles. The number of rotatable bonds is 5. The van der Waals surface area contributed by atoms with Crippen LogP contribution in [-0.4, -0.2) is 24.4 Å². The van der Waals surface area contributed by atoms with Crippen molar-refractivity contribution in [2.24, 2.45) is 0 Å². The number of nitrogens with zero attached hydrogens (tertiary/aromatic N) is 2. The van der Waals surface area contributed by atoms with Crippen LogP contribution in [0, 0.1) is 0 Å². The molecule has 5 nitrogen and oxygen atoms in total. The zero-order valence-corrected chi connectivity index (χ0v) is 14.0. The van der Waals surface area contributed by atoms with Crippen LogP contribution in [0.2, 0.25) is 0 Å². The average Bonchev–Trinajstić information content (AvgIpc) is 3.25. The Balaban J connectivity index is 1.90. The smallest absolute Gasteiger partial charge is 0.269 e. The Bertz CT molecular complexity index is 805. The third-order valence-corrected chi connectivity index (χ3v) is 4.18. The van der Waals surface area contributed by atoms with Crippen molar-refractivity contribution < 1.29 is 14.0 Å². The molecule has 0 aliphatic heterocycles. The van der Waals surface area contributed by atoms with E-state index in [4.69, 9.17) is 25.6 Å². The second kappa shape index (κ2) is 6.85. The van der Waals surface area contributed by atoms with E-state index in [1.807, 2.05) is 29.6 Å². The molecule has 7 heteroatoms. The third kappa shape index (κ3) is 3.55. The van der Waals surface area contributed by atoms with Gasteiger partial charge in [-0.25, -0.2) is 0 Å².